The van der Waals surface area contributed by atoms with Crippen LogP contribution in [-0.2, 0) is 7.05 Å². The lowest BCUT2D eigenvalue weighted by molar-refractivity contribution is -0.670. The minimum atomic E-state index is 0.905. The number of hydrogen-bond acceptors (Lipinski definition) is 0. The van der Waals surface area contributed by atoms with Gasteiger partial charge in [-0.25, -0.2) is 4.57 Å². The molecule has 0 atom stereocenters. The van der Waals surface area contributed by atoms with E-state index in [1.807, 2.05) is 41.8 Å². The Bertz CT molecular complexity index is 335. The van der Waals surface area contributed by atoms with Crippen LogP contribution in [0.3, 0.4) is 0 Å². The fourth-order valence-electron chi connectivity index (χ4n) is 0.687. The van der Waals surface area contributed by atoms with Crippen LogP contribution in [0.4, 0.5) is 0 Å². The molecule has 1 aromatic heterocycles. The van der Waals surface area contributed by atoms with Crippen LogP contribution in [-0.4, -0.2) is 4.57 Å². The van der Waals surface area contributed by atoms with Crippen molar-refractivity contribution in [2.24, 2.45) is 7.05 Å². The summed E-state index contributed by atoms with van der Waals surface area (Å²) in [6.45, 7) is 2.04. The molecule has 1 rings (SSSR count). The Morgan fingerprint density at radius 3 is 2.54 bits per heavy atom. The molecule has 0 saturated heterocycles. The molecule has 0 aliphatic heterocycles. The summed E-state index contributed by atoms with van der Waals surface area (Å²) in [6.07, 6.45) is 6.73. The molecule has 0 fully saturated rings. The lowest BCUT2D eigenvalue weighted by atomic mass is 10.5. The minimum absolute atomic E-state index is 0.905. The predicted molar refractivity (Wildman–Crippen MR) is 49.2 cm³/mol. The Balaban J connectivity index is 0.000000424. The van der Waals surface area contributed by atoms with Gasteiger partial charge in [0.25, 0.3) is 6.33 Å². The van der Waals surface area contributed by atoms with Crippen LogP contribution in [0.15, 0.2) is 18.7 Å². The van der Waals surface area contributed by atoms with E-state index in [9.17, 15) is 0 Å². The third-order valence-electron chi connectivity index (χ3n) is 1.15. The maximum absolute atomic E-state index is 6.75. The smallest absolute Gasteiger partial charge is 0.257 e. The maximum atomic E-state index is 6.75. The summed E-state index contributed by atoms with van der Waals surface area (Å²) >= 11 is 0. The maximum Gasteiger partial charge on any atom is 0.257 e. The SMILES string of the molecule is CCC#Cn1cc[n+](C)c1.[N-]=[N+]=[N-]. The second-order valence-corrected chi connectivity index (χ2v) is 2.22. The van der Waals surface area contributed by atoms with Crippen molar-refractivity contribution in [3.8, 4) is 12.0 Å². The molecule has 68 valence electrons. The van der Waals surface area contributed by atoms with Gasteiger partial charge < -0.3 is 11.1 Å². The molecular formula is C8H11N5. The molecule has 0 N–H and O–H groups in total. The van der Waals surface area contributed by atoms with Gasteiger partial charge in [-0.05, 0) is 0 Å². The van der Waals surface area contributed by atoms with Crippen molar-refractivity contribution >= 4 is 0 Å². The normalized spacial score (nSPS) is 7.23. The summed E-state index contributed by atoms with van der Waals surface area (Å²) < 4.78 is 3.81. The van der Waals surface area contributed by atoms with Crippen molar-refractivity contribution in [3.05, 3.63) is 34.7 Å². The Hall–Kier alpha value is -1.92. The lowest BCUT2D eigenvalue weighted by Crippen LogP contribution is -2.23. The van der Waals surface area contributed by atoms with Gasteiger partial charge in [0.1, 0.15) is 18.4 Å². The van der Waals surface area contributed by atoms with Crippen molar-refractivity contribution in [2.45, 2.75) is 13.3 Å². The van der Waals surface area contributed by atoms with E-state index >= 15 is 0 Å². The lowest BCUT2D eigenvalue weighted by Gasteiger charge is -1.74. The van der Waals surface area contributed by atoms with Crippen LogP contribution in [0.2, 0.25) is 0 Å². The molecule has 0 saturated carbocycles. The van der Waals surface area contributed by atoms with Crippen molar-refractivity contribution in [2.75, 3.05) is 0 Å². The van der Waals surface area contributed by atoms with Gasteiger partial charge >= 0.3 is 0 Å². The fraction of sp³-hybridized carbons (Fsp3) is 0.375. The van der Waals surface area contributed by atoms with E-state index in [0.717, 1.165) is 6.42 Å². The summed E-state index contributed by atoms with van der Waals surface area (Å²) in [5.74, 6) is 2.98. The quantitative estimate of drug-likeness (QED) is 0.189. The van der Waals surface area contributed by atoms with Crippen molar-refractivity contribution < 1.29 is 4.57 Å². The number of hydrogen-bond donors (Lipinski definition) is 0. The van der Waals surface area contributed by atoms with E-state index in [2.05, 4.69) is 12.0 Å². The molecule has 0 bridgehead atoms. The molecule has 0 aliphatic carbocycles. The number of aryl methyl sites for hydroxylation is 1. The number of aromatic nitrogens is 2. The van der Waals surface area contributed by atoms with E-state index < -0.39 is 0 Å². The molecule has 0 amide bonds. The zero-order chi connectivity index (χ0) is 10.1. The standard InChI is InChI=1S/C8H11N2.N3/c1-3-4-5-10-7-6-9(2)8-10;1-3-2/h6-8H,3H2,1-2H3;/q+1;-1. The molecule has 5 heteroatoms. The van der Waals surface area contributed by atoms with E-state index in [0.29, 0.717) is 0 Å². The second kappa shape index (κ2) is 6.77. The zero-order valence-electron chi connectivity index (χ0n) is 7.68. The molecule has 0 aliphatic rings. The van der Waals surface area contributed by atoms with Gasteiger partial charge in [0.15, 0.2) is 0 Å². The summed E-state index contributed by atoms with van der Waals surface area (Å²) in [4.78, 5) is 1.50. The molecule has 0 unspecified atom stereocenters. The Morgan fingerprint density at radius 2 is 2.15 bits per heavy atom. The van der Waals surface area contributed by atoms with Crippen LogP contribution >= 0.6 is 0 Å². The molecular weight excluding hydrogens is 166 g/mol. The molecule has 13 heavy (non-hydrogen) atoms. The summed E-state index contributed by atoms with van der Waals surface area (Å²) in [5, 5.41) is 0. The average Bonchev–Trinajstić information content (AvgIpc) is 2.49. The first kappa shape index (κ1) is 11.1. The summed E-state index contributed by atoms with van der Waals surface area (Å²) in [5.41, 5.74) is 13.5. The molecule has 0 radical (unpaired) electrons. The van der Waals surface area contributed by atoms with E-state index in [1.165, 1.54) is 4.91 Å². The van der Waals surface area contributed by atoms with Gasteiger partial charge in [0.2, 0.25) is 0 Å². The molecule has 0 aromatic carbocycles. The van der Waals surface area contributed by atoms with Gasteiger partial charge in [0, 0.05) is 6.42 Å². The van der Waals surface area contributed by atoms with Gasteiger partial charge in [-0.2, -0.15) is 4.57 Å². The highest BCUT2D eigenvalue weighted by Crippen LogP contribution is 1.77. The monoisotopic (exact) mass is 177 g/mol. The molecule has 0 spiro atoms. The summed E-state index contributed by atoms with van der Waals surface area (Å²) in [6, 6.07) is 2.96. The summed E-state index contributed by atoms with van der Waals surface area (Å²) in [7, 11) is 1.98. The highest BCUT2D eigenvalue weighted by molar-refractivity contribution is 5.00. The Kier molecular flexibility index (Phi) is 5.77. The number of nitrogens with zero attached hydrogens (tertiary/aromatic N) is 5. The van der Waals surface area contributed by atoms with Crippen LogP contribution < -0.4 is 4.57 Å². The topological polar surface area (TPSA) is 67.5 Å². The average molecular weight is 177 g/mol. The van der Waals surface area contributed by atoms with Crippen LogP contribution in [0, 0.1) is 12.0 Å². The van der Waals surface area contributed by atoms with Crippen molar-refractivity contribution in [3.63, 3.8) is 0 Å². The highest BCUT2D eigenvalue weighted by Gasteiger charge is 1.92. The minimum Gasteiger partial charge on any atom is -0.373 e. The fourth-order valence-corrected chi connectivity index (χ4v) is 0.687. The van der Waals surface area contributed by atoms with Crippen LogP contribution in [0.5, 0.6) is 0 Å². The first-order valence-corrected chi connectivity index (χ1v) is 3.75. The van der Waals surface area contributed by atoms with Gasteiger partial charge in [-0.3, -0.25) is 4.91 Å². The van der Waals surface area contributed by atoms with Crippen LogP contribution in [0.1, 0.15) is 13.3 Å². The largest absolute Gasteiger partial charge is 0.373 e. The van der Waals surface area contributed by atoms with Crippen LogP contribution in [0.25, 0.3) is 16.0 Å². The Labute approximate surface area is 77.0 Å². The third-order valence-corrected chi connectivity index (χ3v) is 1.15. The zero-order valence-corrected chi connectivity index (χ0v) is 7.68. The second-order valence-electron chi connectivity index (χ2n) is 2.22. The predicted octanol–water partition coefficient (Wildman–Crippen LogP) is 1.40. The first-order chi connectivity index (χ1) is 6.24. The highest BCUT2D eigenvalue weighted by atomic mass is 15.1. The molecule has 1 heterocycles. The number of imidazole rings is 1. The van der Waals surface area contributed by atoms with E-state index in [4.69, 9.17) is 11.1 Å². The van der Waals surface area contributed by atoms with Crippen molar-refractivity contribution in [1.29, 1.82) is 0 Å². The van der Waals surface area contributed by atoms with Gasteiger partial charge in [-0.1, -0.05) is 12.8 Å². The molecule has 5 nitrogen and oxygen atoms in total. The van der Waals surface area contributed by atoms with E-state index in [-0.39, 0.29) is 0 Å². The van der Waals surface area contributed by atoms with Crippen molar-refractivity contribution in [1.82, 2.24) is 4.57 Å². The van der Waals surface area contributed by atoms with Gasteiger partial charge in [0.05, 0.1) is 7.05 Å². The van der Waals surface area contributed by atoms with E-state index in [1.54, 1.807) is 0 Å². The first-order valence-electron chi connectivity index (χ1n) is 3.75. The number of rotatable bonds is 0. The third kappa shape index (κ3) is 5.36. The van der Waals surface area contributed by atoms with Gasteiger partial charge in [-0.15, -0.1) is 0 Å². The molecule has 1 aromatic rings. The Morgan fingerprint density at radius 1 is 1.54 bits per heavy atom.